The van der Waals surface area contributed by atoms with Crippen molar-refractivity contribution in [3.8, 4) is 11.8 Å². The fraction of sp³-hybridized carbons (Fsp3) is 0.250. The van der Waals surface area contributed by atoms with Gasteiger partial charge in [0, 0.05) is 12.1 Å². The van der Waals surface area contributed by atoms with Gasteiger partial charge in [-0.3, -0.25) is 4.79 Å². The Bertz CT molecular complexity index is 711. The summed E-state index contributed by atoms with van der Waals surface area (Å²) in [5.41, 5.74) is 2.55. The summed E-state index contributed by atoms with van der Waals surface area (Å²) in [6.45, 7) is 4.00. The number of aliphatic hydroxyl groups excluding tert-OH is 1. The van der Waals surface area contributed by atoms with E-state index in [0.29, 0.717) is 11.4 Å². The molecule has 0 unspecified atom stereocenters. The number of carbonyl (C=O) groups excluding carboxylic acids is 1. The van der Waals surface area contributed by atoms with Crippen LogP contribution in [0.1, 0.15) is 31.5 Å². The molecule has 0 spiro atoms. The zero-order valence-corrected chi connectivity index (χ0v) is 12.8. The highest BCUT2D eigenvalue weighted by molar-refractivity contribution is 7.13. The summed E-state index contributed by atoms with van der Waals surface area (Å²) in [6.07, 6.45) is 0. The van der Waals surface area contributed by atoms with Gasteiger partial charge < -0.3 is 10.4 Å². The van der Waals surface area contributed by atoms with Crippen molar-refractivity contribution < 1.29 is 9.90 Å². The van der Waals surface area contributed by atoms with Crippen molar-refractivity contribution in [2.24, 2.45) is 0 Å². The first-order chi connectivity index (χ1) is 10.1. The molecule has 5 heteroatoms. The molecule has 108 valence electrons. The van der Waals surface area contributed by atoms with E-state index in [9.17, 15) is 4.79 Å². The van der Waals surface area contributed by atoms with Crippen LogP contribution in [0.5, 0.6) is 0 Å². The Hall–Kier alpha value is -2.16. The Balaban J connectivity index is 2.03. The van der Waals surface area contributed by atoms with Gasteiger partial charge in [-0.25, -0.2) is 4.98 Å². The minimum atomic E-state index is -0.162. The predicted octanol–water partition coefficient (Wildman–Crippen LogP) is 2.03. The van der Waals surface area contributed by atoms with E-state index in [0.717, 1.165) is 21.8 Å². The number of aromatic nitrogens is 1. The molecule has 0 radical (unpaired) electrons. The molecular weight excluding hydrogens is 284 g/mol. The maximum atomic E-state index is 12.1. The monoisotopic (exact) mass is 300 g/mol. The third-order valence-corrected chi connectivity index (χ3v) is 3.87. The molecule has 2 aromatic rings. The number of benzene rings is 1. The first-order valence-corrected chi connectivity index (χ1v) is 7.32. The van der Waals surface area contributed by atoms with E-state index in [1.165, 1.54) is 11.3 Å². The van der Waals surface area contributed by atoms with E-state index >= 15 is 0 Å². The van der Waals surface area contributed by atoms with Crippen LogP contribution in [0.2, 0.25) is 0 Å². The first-order valence-electron chi connectivity index (χ1n) is 6.51. The van der Waals surface area contributed by atoms with E-state index < -0.39 is 0 Å². The number of aliphatic hydroxyl groups is 1. The van der Waals surface area contributed by atoms with Crippen LogP contribution < -0.4 is 5.32 Å². The lowest BCUT2D eigenvalue weighted by molar-refractivity contribution is 0.0954. The highest BCUT2D eigenvalue weighted by Gasteiger charge is 2.13. The van der Waals surface area contributed by atoms with Crippen LogP contribution in [-0.2, 0) is 6.54 Å². The van der Waals surface area contributed by atoms with Crippen molar-refractivity contribution >= 4 is 17.2 Å². The summed E-state index contributed by atoms with van der Waals surface area (Å²) in [6, 6.07) is 7.57. The molecule has 4 nitrogen and oxygen atoms in total. The van der Waals surface area contributed by atoms with Gasteiger partial charge in [-0.2, -0.15) is 0 Å². The summed E-state index contributed by atoms with van der Waals surface area (Å²) < 4.78 is 0. The number of amides is 1. The van der Waals surface area contributed by atoms with E-state index in [1.54, 1.807) is 0 Å². The number of thiazole rings is 1. The third-order valence-electron chi connectivity index (χ3n) is 2.80. The predicted molar refractivity (Wildman–Crippen MR) is 83.2 cm³/mol. The Morgan fingerprint density at radius 1 is 1.43 bits per heavy atom. The van der Waals surface area contributed by atoms with Gasteiger partial charge in [0.2, 0.25) is 0 Å². The van der Waals surface area contributed by atoms with Crippen molar-refractivity contribution in [1.29, 1.82) is 0 Å². The number of aryl methyl sites for hydroxylation is 2. The zero-order valence-electron chi connectivity index (χ0n) is 11.9. The lowest BCUT2D eigenvalue weighted by Gasteiger charge is -2.05. The molecule has 2 N–H and O–H groups in total. The van der Waals surface area contributed by atoms with E-state index in [-0.39, 0.29) is 12.5 Å². The van der Waals surface area contributed by atoms with Crippen LogP contribution in [0, 0.1) is 25.7 Å². The van der Waals surface area contributed by atoms with Crippen LogP contribution in [-0.4, -0.2) is 22.6 Å². The minimum Gasteiger partial charge on any atom is -0.384 e. The van der Waals surface area contributed by atoms with E-state index in [4.69, 9.17) is 5.11 Å². The van der Waals surface area contributed by atoms with Crippen LogP contribution >= 0.6 is 11.3 Å². The van der Waals surface area contributed by atoms with Crippen molar-refractivity contribution in [2.75, 3.05) is 6.61 Å². The molecular formula is C16H16N2O2S. The molecule has 2 rings (SSSR count). The van der Waals surface area contributed by atoms with E-state index in [1.807, 2.05) is 38.1 Å². The first kappa shape index (κ1) is 15.2. The molecule has 1 amide bonds. The smallest absolute Gasteiger partial charge is 0.263 e. The second kappa shape index (κ2) is 7.02. The fourth-order valence-electron chi connectivity index (χ4n) is 1.91. The second-order valence-electron chi connectivity index (χ2n) is 4.49. The Morgan fingerprint density at radius 3 is 2.90 bits per heavy atom. The highest BCUT2D eigenvalue weighted by Crippen LogP contribution is 2.17. The van der Waals surface area contributed by atoms with Crippen LogP contribution in [0.25, 0.3) is 0 Å². The highest BCUT2D eigenvalue weighted by atomic mass is 32.1. The molecule has 0 atom stereocenters. The zero-order chi connectivity index (χ0) is 15.2. The molecule has 1 aromatic heterocycles. The molecule has 1 aromatic carbocycles. The lowest BCUT2D eigenvalue weighted by atomic mass is 10.1. The molecule has 0 aliphatic rings. The quantitative estimate of drug-likeness (QED) is 0.853. The minimum absolute atomic E-state index is 0.107. The molecule has 0 saturated heterocycles. The van der Waals surface area contributed by atoms with Crippen LogP contribution in [0.4, 0.5) is 0 Å². The van der Waals surface area contributed by atoms with Crippen molar-refractivity contribution in [3.63, 3.8) is 0 Å². The normalized spacial score (nSPS) is 9.86. The number of rotatable bonds is 3. The summed E-state index contributed by atoms with van der Waals surface area (Å²) in [7, 11) is 0. The molecule has 0 saturated carbocycles. The third kappa shape index (κ3) is 4.15. The molecule has 0 fully saturated rings. The largest absolute Gasteiger partial charge is 0.384 e. The van der Waals surface area contributed by atoms with Gasteiger partial charge in [-0.1, -0.05) is 24.0 Å². The maximum Gasteiger partial charge on any atom is 0.263 e. The Kier molecular flexibility index (Phi) is 5.09. The van der Waals surface area contributed by atoms with Gasteiger partial charge in [-0.15, -0.1) is 11.3 Å². The average Bonchev–Trinajstić information content (AvgIpc) is 2.82. The lowest BCUT2D eigenvalue weighted by Crippen LogP contribution is -2.22. The SMILES string of the molecule is Cc1nc(C)c(C(=O)NCc2cccc(C#CCO)c2)s1. The molecule has 1 heterocycles. The van der Waals surface area contributed by atoms with Gasteiger partial charge in [0.1, 0.15) is 11.5 Å². The van der Waals surface area contributed by atoms with Gasteiger partial charge in [-0.05, 0) is 31.5 Å². The molecule has 0 aliphatic heterocycles. The summed E-state index contributed by atoms with van der Waals surface area (Å²) in [4.78, 5) is 17.0. The average molecular weight is 300 g/mol. The van der Waals surface area contributed by atoms with Gasteiger partial charge in [0.05, 0.1) is 10.7 Å². The summed E-state index contributed by atoms with van der Waals surface area (Å²) in [5.74, 6) is 5.34. The van der Waals surface area contributed by atoms with Crippen molar-refractivity contribution in [3.05, 3.63) is 51.0 Å². The molecule has 0 bridgehead atoms. The number of carbonyl (C=O) groups is 1. The molecule has 21 heavy (non-hydrogen) atoms. The standard InChI is InChI=1S/C16H16N2O2S/c1-11-15(21-12(2)18-11)16(20)17-10-14-6-3-5-13(9-14)7-4-8-19/h3,5-6,9,19H,8,10H2,1-2H3,(H,17,20). The van der Waals surface area contributed by atoms with Crippen LogP contribution in [0.3, 0.4) is 0 Å². The number of nitrogens with zero attached hydrogens (tertiary/aromatic N) is 1. The van der Waals surface area contributed by atoms with Crippen molar-refractivity contribution in [1.82, 2.24) is 10.3 Å². The summed E-state index contributed by atoms with van der Waals surface area (Å²) >= 11 is 1.40. The van der Waals surface area contributed by atoms with Gasteiger partial charge in [0.25, 0.3) is 5.91 Å². The van der Waals surface area contributed by atoms with Gasteiger partial charge >= 0.3 is 0 Å². The maximum absolute atomic E-state index is 12.1. The van der Waals surface area contributed by atoms with E-state index in [2.05, 4.69) is 22.1 Å². The Morgan fingerprint density at radius 2 is 2.24 bits per heavy atom. The van der Waals surface area contributed by atoms with Crippen LogP contribution in [0.15, 0.2) is 24.3 Å². The fourth-order valence-corrected chi connectivity index (χ4v) is 2.74. The summed E-state index contributed by atoms with van der Waals surface area (Å²) in [5, 5.41) is 12.5. The number of hydrogen-bond acceptors (Lipinski definition) is 4. The number of hydrogen-bond donors (Lipinski definition) is 2. The number of nitrogens with one attached hydrogen (secondary N) is 1. The van der Waals surface area contributed by atoms with Gasteiger partial charge in [0.15, 0.2) is 0 Å². The van der Waals surface area contributed by atoms with Crippen molar-refractivity contribution in [2.45, 2.75) is 20.4 Å². The molecule has 0 aliphatic carbocycles. The Labute approximate surface area is 127 Å². The second-order valence-corrected chi connectivity index (χ2v) is 5.69. The topological polar surface area (TPSA) is 62.2 Å².